The van der Waals surface area contributed by atoms with E-state index in [1.54, 1.807) is 0 Å². The highest BCUT2D eigenvalue weighted by Crippen LogP contribution is 2.36. The van der Waals surface area contributed by atoms with Crippen LogP contribution in [0.5, 0.6) is 0 Å². The molecule has 132 valence electrons. The van der Waals surface area contributed by atoms with Crippen molar-refractivity contribution in [2.45, 2.75) is 82.4 Å². The Hall–Kier alpha value is -0.160. The Balaban J connectivity index is 1.33. The van der Waals surface area contributed by atoms with E-state index in [1.165, 1.54) is 70.9 Å². The fourth-order valence-electron chi connectivity index (χ4n) is 5.83. The summed E-state index contributed by atoms with van der Waals surface area (Å²) in [6.45, 7) is 3.62. The minimum absolute atomic E-state index is 0.0434. The van der Waals surface area contributed by atoms with Crippen LogP contribution in [0.25, 0.3) is 0 Å². The van der Waals surface area contributed by atoms with Crippen molar-refractivity contribution in [1.29, 1.82) is 0 Å². The molecule has 3 N–H and O–H groups in total. The number of nitrogens with zero attached hydrogens (tertiary/aromatic N) is 1. The molecule has 6 atom stereocenters. The molecule has 4 fully saturated rings. The van der Waals surface area contributed by atoms with Crippen LogP contribution in [0.15, 0.2) is 0 Å². The molecule has 0 bridgehead atoms. The number of hydrazine groups is 1. The minimum atomic E-state index is -0.0434. The van der Waals surface area contributed by atoms with Gasteiger partial charge in [0, 0.05) is 25.2 Å². The van der Waals surface area contributed by atoms with Gasteiger partial charge in [-0.25, -0.2) is 0 Å². The van der Waals surface area contributed by atoms with Gasteiger partial charge in [-0.15, -0.1) is 0 Å². The molecule has 2 aliphatic heterocycles. The molecule has 0 aromatic carbocycles. The Morgan fingerprint density at radius 3 is 2.61 bits per heavy atom. The molecule has 0 amide bonds. The van der Waals surface area contributed by atoms with Crippen LogP contribution in [0.4, 0.5) is 0 Å². The lowest BCUT2D eigenvalue weighted by Crippen LogP contribution is -2.49. The summed E-state index contributed by atoms with van der Waals surface area (Å²) in [6, 6.07) is 1.41. The Morgan fingerprint density at radius 1 is 0.870 bits per heavy atom. The standard InChI is InChI=1S/C19H35N3O/c23-18-10-4-1-6-14(18)12-22-11-5-7-15(13-22)19-16-8-2-3-9-17(16)20-21-19/h14-21,23H,1-13H2/t14?,15?,16?,17?,18?,19-/m1/s1. The summed E-state index contributed by atoms with van der Waals surface area (Å²) in [7, 11) is 0. The van der Waals surface area contributed by atoms with E-state index in [-0.39, 0.29) is 6.10 Å². The fraction of sp³-hybridized carbons (Fsp3) is 1.00. The van der Waals surface area contributed by atoms with Crippen LogP contribution in [-0.2, 0) is 0 Å². The van der Waals surface area contributed by atoms with Crippen molar-refractivity contribution in [3.63, 3.8) is 0 Å². The molecule has 0 radical (unpaired) electrons. The van der Waals surface area contributed by atoms with E-state index >= 15 is 0 Å². The van der Waals surface area contributed by atoms with Crippen molar-refractivity contribution in [1.82, 2.24) is 15.8 Å². The molecule has 5 unspecified atom stereocenters. The molecule has 2 heterocycles. The van der Waals surface area contributed by atoms with Crippen molar-refractivity contribution >= 4 is 0 Å². The highest BCUT2D eigenvalue weighted by molar-refractivity contribution is 4.98. The number of hydrogen-bond acceptors (Lipinski definition) is 4. The van der Waals surface area contributed by atoms with Crippen LogP contribution < -0.4 is 10.9 Å². The maximum Gasteiger partial charge on any atom is 0.0580 e. The number of piperidine rings is 1. The van der Waals surface area contributed by atoms with Crippen LogP contribution in [0.3, 0.4) is 0 Å². The zero-order chi connectivity index (χ0) is 15.6. The van der Waals surface area contributed by atoms with Gasteiger partial charge in [-0.05, 0) is 62.8 Å². The van der Waals surface area contributed by atoms with Crippen LogP contribution in [0.1, 0.15) is 64.2 Å². The van der Waals surface area contributed by atoms with E-state index < -0.39 is 0 Å². The summed E-state index contributed by atoms with van der Waals surface area (Å²) in [4.78, 5) is 2.67. The molecule has 4 heteroatoms. The first-order valence-corrected chi connectivity index (χ1v) is 10.2. The summed E-state index contributed by atoms with van der Waals surface area (Å²) in [5.41, 5.74) is 7.28. The maximum atomic E-state index is 10.3. The molecule has 2 saturated heterocycles. The molecule has 4 aliphatic rings. The molecule has 4 rings (SSSR count). The van der Waals surface area contributed by atoms with Crippen LogP contribution in [0, 0.1) is 17.8 Å². The van der Waals surface area contributed by atoms with Crippen molar-refractivity contribution in [3.05, 3.63) is 0 Å². The quantitative estimate of drug-likeness (QED) is 0.746. The average molecular weight is 322 g/mol. The number of aliphatic hydroxyl groups excluding tert-OH is 1. The first-order valence-electron chi connectivity index (χ1n) is 10.2. The molecule has 2 aliphatic carbocycles. The van der Waals surface area contributed by atoms with Gasteiger partial charge >= 0.3 is 0 Å². The summed E-state index contributed by atoms with van der Waals surface area (Å²) >= 11 is 0. The fourth-order valence-corrected chi connectivity index (χ4v) is 5.83. The third-order valence-corrected chi connectivity index (χ3v) is 7.13. The smallest absolute Gasteiger partial charge is 0.0580 e. The predicted molar refractivity (Wildman–Crippen MR) is 92.9 cm³/mol. The van der Waals surface area contributed by atoms with Crippen LogP contribution in [0.2, 0.25) is 0 Å². The predicted octanol–water partition coefficient (Wildman–Crippen LogP) is 2.28. The van der Waals surface area contributed by atoms with Crippen LogP contribution >= 0.6 is 0 Å². The van der Waals surface area contributed by atoms with E-state index in [9.17, 15) is 5.11 Å². The van der Waals surface area contributed by atoms with E-state index in [1.807, 2.05) is 0 Å². The molecule has 23 heavy (non-hydrogen) atoms. The number of likely N-dealkylation sites (tertiary alicyclic amines) is 1. The normalized spacial score (nSPS) is 45.8. The van der Waals surface area contributed by atoms with Gasteiger partial charge in [0.2, 0.25) is 0 Å². The second-order valence-electron chi connectivity index (χ2n) is 8.64. The first kappa shape index (κ1) is 16.3. The third kappa shape index (κ3) is 3.60. The minimum Gasteiger partial charge on any atom is -0.393 e. The molecule has 0 aromatic rings. The van der Waals surface area contributed by atoms with E-state index in [2.05, 4.69) is 15.8 Å². The highest BCUT2D eigenvalue weighted by atomic mass is 16.3. The van der Waals surface area contributed by atoms with Gasteiger partial charge in [-0.1, -0.05) is 25.7 Å². The lowest BCUT2D eigenvalue weighted by Gasteiger charge is -2.41. The van der Waals surface area contributed by atoms with Gasteiger partial charge in [0.05, 0.1) is 6.10 Å². The maximum absolute atomic E-state index is 10.3. The number of rotatable bonds is 3. The number of aliphatic hydroxyl groups is 1. The van der Waals surface area contributed by atoms with E-state index in [0.717, 1.165) is 30.8 Å². The summed E-state index contributed by atoms with van der Waals surface area (Å²) < 4.78 is 0. The van der Waals surface area contributed by atoms with Gasteiger partial charge in [0.25, 0.3) is 0 Å². The zero-order valence-electron chi connectivity index (χ0n) is 14.6. The molecular weight excluding hydrogens is 286 g/mol. The molecule has 4 nitrogen and oxygen atoms in total. The lowest BCUT2D eigenvalue weighted by molar-refractivity contribution is 0.0314. The van der Waals surface area contributed by atoms with E-state index in [0.29, 0.717) is 12.0 Å². The van der Waals surface area contributed by atoms with Crippen LogP contribution in [-0.4, -0.2) is 47.8 Å². The zero-order valence-corrected chi connectivity index (χ0v) is 14.6. The molecule has 2 saturated carbocycles. The topological polar surface area (TPSA) is 47.5 Å². The van der Waals surface area contributed by atoms with Crippen molar-refractivity contribution < 1.29 is 5.11 Å². The van der Waals surface area contributed by atoms with Gasteiger partial charge in [0.1, 0.15) is 0 Å². The van der Waals surface area contributed by atoms with Crippen molar-refractivity contribution in [2.75, 3.05) is 19.6 Å². The second-order valence-corrected chi connectivity index (χ2v) is 8.64. The number of fused-ring (bicyclic) bond motifs is 1. The van der Waals surface area contributed by atoms with Gasteiger partial charge < -0.3 is 10.0 Å². The number of hydrogen-bond donors (Lipinski definition) is 3. The highest BCUT2D eigenvalue weighted by Gasteiger charge is 2.42. The summed E-state index contributed by atoms with van der Waals surface area (Å²) in [5.74, 6) is 2.18. The van der Waals surface area contributed by atoms with Gasteiger partial charge in [0.15, 0.2) is 0 Å². The SMILES string of the molecule is OC1CCCCC1CN1CCCC([C@H]2NNC3CCCCC32)C1. The Bertz CT molecular complexity index is 391. The Labute approximate surface area is 141 Å². The van der Waals surface area contributed by atoms with Crippen molar-refractivity contribution in [2.24, 2.45) is 17.8 Å². The van der Waals surface area contributed by atoms with E-state index in [4.69, 9.17) is 0 Å². The molecular formula is C19H35N3O. The van der Waals surface area contributed by atoms with Gasteiger partial charge in [-0.2, -0.15) is 0 Å². The largest absolute Gasteiger partial charge is 0.393 e. The van der Waals surface area contributed by atoms with Crippen molar-refractivity contribution in [3.8, 4) is 0 Å². The first-order chi connectivity index (χ1) is 11.3. The summed E-state index contributed by atoms with van der Waals surface area (Å²) in [6.07, 6.45) is 13.1. The monoisotopic (exact) mass is 321 g/mol. The molecule has 0 aromatic heterocycles. The average Bonchev–Trinajstić information content (AvgIpc) is 3.01. The second kappa shape index (κ2) is 7.38. The Kier molecular flexibility index (Phi) is 5.24. The lowest BCUT2D eigenvalue weighted by atomic mass is 9.75. The Morgan fingerprint density at radius 2 is 1.70 bits per heavy atom. The third-order valence-electron chi connectivity index (χ3n) is 7.13. The van der Waals surface area contributed by atoms with Gasteiger partial charge in [-0.3, -0.25) is 10.9 Å². The summed E-state index contributed by atoms with van der Waals surface area (Å²) in [5, 5.41) is 10.3. The molecule has 0 spiro atoms. The number of nitrogens with one attached hydrogen (secondary N) is 2.